The molecule has 0 bridgehead atoms. The minimum Gasteiger partial charge on any atom is -0.496 e. The quantitative estimate of drug-likeness (QED) is 0.356. The molecule has 0 aliphatic heterocycles. The number of hydrogen-bond acceptors (Lipinski definition) is 3. The minimum absolute atomic E-state index is 0.254. The fraction of sp³-hybridized carbons (Fsp3) is 0.217. The monoisotopic (exact) mass is 414 g/mol. The maximum atomic E-state index is 6.07. The van der Waals surface area contributed by atoms with Crippen molar-refractivity contribution in [3.63, 3.8) is 0 Å². The van der Waals surface area contributed by atoms with Crippen molar-refractivity contribution >= 4 is 28.9 Å². The molecule has 0 aromatic heterocycles. The Bertz CT molecular complexity index is 850. The van der Waals surface area contributed by atoms with Crippen molar-refractivity contribution in [1.29, 1.82) is 0 Å². The van der Waals surface area contributed by atoms with Crippen molar-refractivity contribution in [1.82, 2.24) is 5.32 Å². The van der Waals surface area contributed by atoms with Gasteiger partial charge in [-0.2, -0.15) is 0 Å². The molecule has 0 amide bonds. The van der Waals surface area contributed by atoms with Crippen LogP contribution in [0.3, 0.4) is 0 Å². The molecule has 0 saturated heterocycles. The molecular weight excluding hydrogens is 391 g/mol. The summed E-state index contributed by atoms with van der Waals surface area (Å²) in [4.78, 5) is 0. The molecule has 0 saturated carbocycles. The molecule has 3 aromatic carbocycles. The molecule has 146 valence electrons. The predicted molar refractivity (Wildman–Crippen MR) is 118 cm³/mol. The Balaban J connectivity index is 1.69. The van der Waals surface area contributed by atoms with Gasteiger partial charge in [-0.15, -0.1) is 0 Å². The van der Waals surface area contributed by atoms with Crippen LogP contribution in [-0.2, 0) is 6.54 Å². The average molecular weight is 415 g/mol. The van der Waals surface area contributed by atoms with Crippen molar-refractivity contribution in [3.05, 3.63) is 93.5 Å². The number of anilines is 1. The van der Waals surface area contributed by atoms with E-state index in [1.54, 1.807) is 7.11 Å². The summed E-state index contributed by atoms with van der Waals surface area (Å²) >= 11 is 12.1. The number of rotatable bonds is 8. The van der Waals surface area contributed by atoms with Crippen molar-refractivity contribution in [2.45, 2.75) is 18.9 Å². The molecule has 0 radical (unpaired) electrons. The summed E-state index contributed by atoms with van der Waals surface area (Å²) < 4.78 is 5.42. The Morgan fingerprint density at radius 2 is 1.46 bits per heavy atom. The van der Waals surface area contributed by atoms with E-state index < -0.39 is 0 Å². The Morgan fingerprint density at radius 3 is 2.00 bits per heavy atom. The molecule has 0 heterocycles. The van der Waals surface area contributed by atoms with E-state index in [2.05, 4.69) is 29.6 Å². The molecular formula is C23H24Cl2N2O. The van der Waals surface area contributed by atoms with Crippen molar-refractivity contribution in [3.8, 4) is 5.75 Å². The molecule has 0 unspecified atom stereocenters. The molecule has 0 aliphatic rings. The summed E-state index contributed by atoms with van der Waals surface area (Å²) in [5.74, 6) is 1.10. The van der Waals surface area contributed by atoms with Gasteiger partial charge in [0.05, 0.1) is 7.11 Å². The average Bonchev–Trinajstić information content (AvgIpc) is 2.70. The van der Waals surface area contributed by atoms with Gasteiger partial charge in [-0.05, 0) is 66.6 Å². The molecule has 0 aliphatic carbocycles. The van der Waals surface area contributed by atoms with Crippen LogP contribution in [0.4, 0.5) is 5.69 Å². The van der Waals surface area contributed by atoms with Gasteiger partial charge in [0.1, 0.15) is 5.75 Å². The molecule has 3 nitrogen and oxygen atoms in total. The number of nitrogen functional groups attached to an aromatic ring is 1. The van der Waals surface area contributed by atoms with Crippen LogP contribution in [0.15, 0.2) is 66.7 Å². The highest BCUT2D eigenvalue weighted by Gasteiger charge is 2.14. The second-order valence-corrected chi connectivity index (χ2v) is 7.57. The van der Waals surface area contributed by atoms with E-state index in [1.165, 1.54) is 11.1 Å². The molecule has 3 aromatic rings. The normalized spacial score (nSPS) is 11.0. The third-order valence-electron chi connectivity index (χ3n) is 4.77. The van der Waals surface area contributed by atoms with Crippen molar-refractivity contribution in [2.24, 2.45) is 0 Å². The zero-order chi connectivity index (χ0) is 19.9. The zero-order valence-corrected chi connectivity index (χ0v) is 17.3. The number of halogens is 2. The van der Waals surface area contributed by atoms with Crippen LogP contribution in [-0.4, -0.2) is 13.7 Å². The van der Waals surface area contributed by atoms with Crippen LogP contribution < -0.4 is 15.8 Å². The molecule has 5 heteroatoms. The topological polar surface area (TPSA) is 47.3 Å². The van der Waals surface area contributed by atoms with Gasteiger partial charge in [0.25, 0.3) is 0 Å². The number of methoxy groups -OCH3 is 1. The molecule has 3 N–H and O–H groups in total. The van der Waals surface area contributed by atoms with Crippen LogP contribution in [0, 0.1) is 0 Å². The van der Waals surface area contributed by atoms with Gasteiger partial charge in [0.2, 0.25) is 0 Å². The van der Waals surface area contributed by atoms with Gasteiger partial charge in [-0.25, -0.2) is 0 Å². The summed E-state index contributed by atoms with van der Waals surface area (Å²) in [6, 6.07) is 21.8. The number of nitrogens with one attached hydrogen (secondary N) is 1. The van der Waals surface area contributed by atoms with Crippen LogP contribution in [0.2, 0.25) is 10.0 Å². The van der Waals surface area contributed by atoms with Crippen LogP contribution in [0.25, 0.3) is 0 Å². The maximum absolute atomic E-state index is 6.07. The number of benzene rings is 3. The Hall–Kier alpha value is -2.20. The first-order valence-electron chi connectivity index (χ1n) is 9.21. The van der Waals surface area contributed by atoms with Crippen LogP contribution in [0.5, 0.6) is 5.75 Å². The van der Waals surface area contributed by atoms with Gasteiger partial charge >= 0.3 is 0 Å². The lowest BCUT2D eigenvalue weighted by molar-refractivity contribution is 0.407. The second-order valence-electron chi connectivity index (χ2n) is 6.69. The van der Waals surface area contributed by atoms with Gasteiger partial charge in [-0.1, -0.05) is 47.5 Å². The van der Waals surface area contributed by atoms with E-state index in [9.17, 15) is 0 Å². The molecule has 3 rings (SSSR count). The Labute approximate surface area is 176 Å². The lowest BCUT2D eigenvalue weighted by Crippen LogP contribution is -2.18. The summed E-state index contributed by atoms with van der Waals surface area (Å²) in [7, 11) is 1.67. The van der Waals surface area contributed by atoms with Gasteiger partial charge < -0.3 is 15.8 Å². The van der Waals surface area contributed by atoms with E-state index in [0.29, 0.717) is 6.54 Å². The SMILES string of the molecule is COc1ccc(N)cc1CNCCC(c1ccc(Cl)cc1)c1ccc(Cl)cc1. The first kappa shape index (κ1) is 20.5. The largest absolute Gasteiger partial charge is 0.496 e. The number of ether oxygens (including phenoxy) is 1. The fourth-order valence-electron chi connectivity index (χ4n) is 3.32. The third kappa shape index (κ3) is 5.41. The lowest BCUT2D eigenvalue weighted by Gasteiger charge is -2.19. The van der Waals surface area contributed by atoms with Gasteiger partial charge in [0.15, 0.2) is 0 Å². The highest BCUT2D eigenvalue weighted by Crippen LogP contribution is 2.30. The van der Waals surface area contributed by atoms with E-state index in [0.717, 1.165) is 40.0 Å². The minimum atomic E-state index is 0.254. The predicted octanol–water partition coefficient (Wildman–Crippen LogP) is 5.90. The summed E-state index contributed by atoms with van der Waals surface area (Å²) in [5, 5.41) is 4.99. The van der Waals surface area contributed by atoms with Crippen LogP contribution in [0.1, 0.15) is 29.0 Å². The van der Waals surface area contributed by atoms with E-state index in [-0.39, 0.29) is 5.92 Å². The number of nitrogens with two attached hydrogens (primary N) is 1. The molecule has 28 heavy (non-hydrogen) atoms. The van der Waals surface area contributed by atoms with Gasteiger partial charge in [0, 0.05) is 33.8 Å². The van der Waals surface area contributed by atoms with E-state index in [4.69, 9.17) is 33.7 Å². The highest BCUT2D eigenvalue weighted by molar-refractivity contribution is 6.30. The first-order chi connectivity index (χ1) is 13.6. The Morgan fingerprint density at radius 1 is 0.893 bits per heavy atom. The standard InChI is InChI=1S/C23H24Cl2N2O/c1-28-23-11-10-21(26)14-18(23)15-27-13-12-22(16-2-6-19(24)7-3-16)17-4-8-20(25)9-5-17/h2-11,14,22,27H,12-13,15,26H2,1H3. The first-order valence-corrected chi connectivity index (χ1v) is 9.96. The smallest absolute Gasteiger partial charge is 0.123 e. The van der Waals surface area contributed by atoms with Gasteiger partial charge in [-0.3, -0.25) is 0 Å². The number of hydrogen-bond donors (Lipinski definition) is 2. The highest BCUT2D eigenvalue weighted by atomic mass is 35.5. The van der Waals surface area contributed by atoms with Crippen molar-refractivity contribution in [2.75, 3.05) is 19.4 Å². The fourth-order valence-corrected chi connectivity index (χ4v) is 3.57. The summed E-state index contributed by atoms with van der Waals surface area (Å²) in [6.45, 7) is 1.54. The summed E-state index contributed by atoms with van der Waals surface area (Å²) in [5.41, 5.74) is 10.2. The molecule has 0 spiro atoms. The maximum Gasteiger partial charge on any atom is 0.123 e. The van der Waals surface area contributed by atoms with Crippen LogP contribution >= 0.6 is 23.2 Å². The van der Waals surface area contributed by atoms with Crippen molar-refractivity contribution < 1.29 is 4.74 Å². The van der Waals surface area contributed by atoms with E-state index in [1.807, 2.05) is 42.5 Å². The molecule has 0 fully saturated rings. The Kier molecular flexibility index (Phi) is 7.21. The second kappa shape index (κ2) is 9.83. The third-order valence-corrected chi connectivity index (χ3v) is 5.28. The van der Waals surface area contributed by atoms with E-state index >= 15 is 0 Å². The summed E-state index contributed by atoms with van der Waals surface area (Å²) in [6.07, 6.45) is 0.938. The molecule has 0 atom stereocenters. The zero-order valence-electron chi connectivity index (χ0n) is 15.8. The lowest BCUT2D eigenvalue weighted by atomic mass is 9.88.